The van der Waals surface area contributed by atoms with Gasteiger partial charge < -0.3 is 14.5 Å². The van der Waals surface area contributed by atoms with E-state index in [0.29, 0.717) is 41.4 Å². The van der Waals surface area contributed by atoms with E-state index in [2.05, 4.69) is 45.1 Å². The number of rotatable bonds is 11. The number of ether oxygens (including phenoxy) is 1. The summed E-state index contributed by atoms with van der Waals surface area (Å²) in [6.07, 6.45) is 2.99. The number of benzene rings is 4. The van der Waals surface area contributed by atoms with Gasteiger partial charge in [-0.2, -0.15) is 0 Å². The second-order valence-corrected chi connectivity index (χ2v) is 10.1. The van der Waals surface area contributed by atoms with Gasteiger partial charge in [0.1, 0.15) is 5.75 Å². The van der Waals surface area contributed by atoms with Crippen molar-refractivity contribution in [3.63, 3.8) is 0 Å². The van der Waals surface area contributed by atoms with Crippen LogP contribution in [-0.2, 0) is 13.0 Å². The first kappa shape index (κ1) is 27.6. The molecule has 0 fully saturated rings. The Kier molecular flexibility index (Phi) is 8.31. The average molecular weight is 572 g/mol. The van der Waals surface area contributed by atoms with Crippen molar-refractivity contribution in [2.24, 2.45) is 0 Å². The van der Waals surface area contributed by atoms with Crippen LogP contribution in [0.4, 0.5) is 5.69 Å². The summed E-state index contributed by atoms with van der Waals surface area (Å²) in [5.74, 6) is 0.860. The SMILES string of the molecule is O=C(Nc1cccc2c(=O)cc(-c3nnnn3Cc3ccccc3)oc12)c1ccc(OCCCCc2ccccc2)cc1. The largest absolute Gasteiger partial charge is 0.494 e. The molecule has 0 unspecified atom stereocenters. The molecule has 0 atom stereocenters. The van der Waals surface area contributed by atoms with Crippen LogP contribution in [0.2, 0.25) is 0 Å². The number of nitrogens with one attached hydrogen (secondary N) is 1. The Bertz CT molecular complexity index is 1880. The van der Waals surface area contributed by atoms with Crippen LogP contribution in [0.3, 0.4) is 0 Å². The predicted octanol–water partition coefficient (Wildman–Crippen LogP) is 6.15. The molecule has 0 aliphatic carbocycles. The molecule has 6 aromatic rings. The summed E-state index contributed by atoms with van der Waals surface area (Å²) in [5.41, 5.74) is 3.09. The molecule has 2 aromatic heterocycles. The maximum Gasteiger partial charge on any atom is 0.255 e. The highest BCUT2D eigenvalue weighted by Gasteiger charge is 2.17. The summed E-state index contributed by atoms with van der Waals surface area (Å²) in [6.45, 7) is 1.00. The van der Waals surface area contributed by atoms with E-state index in [1.54, 1.807) is 47.1 Å². The van der Waals surface area contributed by atoms with E-state index in [4.69, 9.17) is 9.15 Å². The zero-order chi connectivity index (χ0) is 29.4. The molecule has 1 N–H and O–H groups in total. The summed E-state index contributed by atoms with van der Waals surface area (Å²) in [5, 5.41) is 15.2. The number of hydrogen-bond acceptors (Lipinski definition) is 7. The molecule has 0 aliphatic rings. The van der Waals surface area contributed by atoms with E-state index in [1.165, 1.54) is 11.6 Å². The predicted molar refractivity (Wildman–Crippen MR) is 164 cm³/mol. The van der Waals surface area contributed by atoms with Gasteiger partial charge in [-0.3, -0.25) is 9.59 Å². The van der Waals surface area contributed by atoms with Gasteiger partial charge >= 0.3 is 0 Å². The van der Waals surface area contributed by atoms with E-state index in [9.17, 15) is 9.59 Å². The third-order valence-corrected chi connectivity index (χ3v) is 7.02. The lowest BCUT2D eigenvalue weighted by molar-refractivity contribution is 0.102. The Morgan fingerprint density at radius 1 is 0.837 bits per heavy atom. The number of anilines is 1. The highest BCUT2D eigenvalue weighted by Crippen LogP contribution is 2.27. The molecule has 214 valence electrons. The minimum absolute atomic E-state index is 0.199. The number of fused-ring (bicyclic) bond motifs is 1. The van der Waals surface area contributed by atoms with E-state index in [-0.39, 0.29) is 22.7 Å². The second-order valence-electron chi connectivity index (χ2n) is 10.1. The van der Waals surface area contributed by atoms with Gasteiger partial charge in [-0.25, -0.2) is 4.68 Å². The first-order valence-electron chi connectivity index (χ1n) is 14.1. The molecule has 1 amide bonds. The van der Waals surface area contributed by atoms with Crippen LogP contribution in [0.25, 0.3) is 22.6 Å². The molecule has 9 heteroatoms. The topological polar surface area (TPSA) is 112 Å². The molecule has 0 bridgehead atoms. The number of tetrazole rings is 1. The van der Waals surface area contributed by atoms with Gasteiger partial charge in [0, 0.05) is 11.6 Å². The molecule has 0 saturated carbocycles. The van der Waals surface area contributed by atoms with Gasteiger partial charge in [0.15, 0.2) is 16.8 Å². The molecule has 0 spiro atoms. The van der Waals surface area contributed by atoms with Gasteiger partial charge in [-0.1, -0.05) is 66.7 Å². The molecule has 2 heterocycles. The van der Waals surface area contributed by atoms with Crippen LogP contribution in [0, 0.1) is 0 Å². The molecular weight excluding hydrogens is 542 g/mol. The normalized spacial score (nSPS) is 11.0. The van der Waals surface area contributed by atoms with Crippen molar-refractivity contribution in [2.75, 3.05) is 11.9 Å². The van der Waals surface area contributed by atoms with Gasteiger partial charge in [0.05, 0.1) is 24.2 Å². The van der Waals surface area contributed by atoms with Gasteiger partial charge in [0.25, 0.3) is 5.91 Å². The Labute approximate surface area is 247 Å². The molecule has 9 nitrogen and oxygen atoms in total. The van der Waals surface area contributed by atoms with Crippen molar-refractivity contribution < 1.29 is 13.9 Å². The summed E-state index contributed by atoms with van der Waals surface area (Å²) in [4.78, 5) is 26.2. The monoisotopic (exact) mass is 571 g/mol. The summed E-state index contributed by atoms with van der Waals surface area (Å²) < 4.78 is 13.6. The first-order chi connectivity index (χ1) is 21.1. The van der Waals surface area contributed by atoms with Crippen LogP contribution in [0.5, 0.6) is 5.75 Å². The number of nitrogens with zero attached hydrogens (tertiary/aromatic N) is 4. The molecule has 43 heavy (non-hydrogen) atoms. The average Bonchev–Trinajstić information content (AvgIpc) is 3.50. The number of unbranched alkanes of at least 4 members (excludes halogenated alkanes) is 1. The fraction of sp³-hybridized carbons (Fsp3) is 0.147. The minimum atomic E-state index is -0.344. The van der Waals surface area contributed by atoms with Crippen LogP contribution >= 0.6 is 0 Å². The van der Waals surface area contributed by atoms with Crippen molar-refractivity contribution in [1.82, 2.24) is 20.2 Å². The van der Waals surface area contributed by atoms with Crippen LogP contribution in [0.1, 0.15) is 34.3 Å². The molecule has 6 rings (SSSR count). The van der Waals surface area contributed by atoms with Crippen molar-refractivity contribution in [3.8, 4) is 17.3 Å². The Balaban J connectivity index is 1.13. The lowest BCUT2D eigenvalue weighted by atomic mass is 10.1. The number of hydrogen-bond donors (Lipinski definition) is 1. The molecule has 0 aliphatic heterocycles. The number of aryl methyl sites for hydroxylation is 1. The van der Waals surface area contributed by atoms with Crippen LogP contribution in [0.15, 0.2) is 118 Å². The summed E-state index contributed by atoms with van der Waals surface area (Å²) in [7, 11) is 0. The fourth-order valence-electron chi connectivity index (χ4n) is 4.79. The van der Waals surface area contributed by atoms with Gasteiger partial charge in [-0.15, -0.1) is 5.10 Å². The molecular formula is C34H29N5O4. The third kappa shape index (κ3) is 6.68. The van der Waals surface area contributed by atoms with Gasteiger partial charge in [0.2, 0.25) is 5.82 Å². The number of para-hydroxylation sites is 1. The summed E-state index contributed by atoms with van der Waals surface area (Å²) >= 11 is 0. The van der Waals surface area contributed by atoms with Crippen molar-refractivity contribution in [2.45, 2.75) is 25.8 Å². The Hall–Kier alpha value is -5.57. The number of carbonyl (C=O) groups is 1. The maximum atomic E-state index is 13.2. The minimum Gasteiger partial charge on any atom is -0.494 e. The van der Waals surface area contributed by atoms with E-state index in [1.807, 2.05) is 36.4 Å². The van der Waals surface area contributed by atoms with Crippen molar-refractivity contribution in [3.05, 3.63) is 136 Å². The number of aromatic nitrogens is 4. The zero-order valence-electron chi connectivity index (χ0n) is 23.3. The fourth-order valence-corrected chi connectivity index (χ4v) is 4.79. The van der Waals surface area contributed by atoms with Crippen LogP contribution in [-0.4, -0.2) is 32.7 Å². The smallest absolute Gasteiger partial charge is 0.255 e. The van der Waals surface area contributed by atoms with Crippen LogP contribution < -0.4 is 15.5 Å². The first-order valence-corrected chi connectivity index (χ1v) is 14.1. The molecule has 0 radical (unpaired) electrons. The van der Waals surface area contributed by atoms with E-state index in [0.717, 1.165) is 24.8 Å². The lowest BCUT2D eigenvalue weighted by Gasteiger charge is -2.10. The van der Waals surface area contributed by atoms with Crippen molar-refractivity contribution >= 4 is 22.6 Å². The maximum absolute atomic E-state index is 13.2. The van der Waals surface area contributed by atoms with Crippen molar-refractivity contribution in [1.29, 1.82) is 0 Å². The number of amides is 1. The van der Waals surface area contributed by atoms with E-state index >= 15 is 0 Å². The number of carbonyl (C=O) groups excluding carboxylic acids is 1. The van der Waals surface area contributed by atoms with E-state index < -0.39 is 0 Å². The quantitative estimate of drug-likeness (QED) is 0.186. The lowest BCUT2D eigenvalue weighted by Crippen LogP contribution is -2.13. The molecule has 4 aromatic carbocycles. The third-order valence-electron chi connectivity index (χ3n) is 7.02. The Morgan fingerprint density at radius 3 is 2.35 bits per heavy atom. The zero-order valence-corrected chi connectivity index (χ0v) is 23.3. The molecule has 0 saturated heterocycles. The highest BCUT2D eigenvalue weighted by molar-refractivity contribution is 6.08. The standard InChI is InChI=1S/C34H29N5O4/c40-30-22-31(33-36-37-38-39(33)23-25-13-5-2-6-14-25)43-32-28(30)15-9-16-29(32)35-34(41)26-17-19-27(20-18-26)42-21-8-7-12-24-10-3-1-4-11-24/h1-6,9-11,13-20,22H,7-8,12,21,23H2,(H,35,41). The van der Waals surface area contributed by atoms with Gasteiger partial charge in [-0.05, 0) is 77.2 Å². The summed E-state index contributed by atoms with van der Waals surface area (Å²) in [6, 6.07) is 33.5. The Morgan fingerprint density at radius 2 is 1.58 bits per heavy atom. The highest BCUT2D eigenvalue weighted by atomic mass is 16.5. The second kappa shape index (κ2) is 12.9.